The Hall–Kier alpha value is -2.42. The van der Waals surface area contributed by atoms with E-state index in [9.17, 15) is 14.4 Å². The fourth-order valence-corrected chi connectivity index (χ4v) is 2.90. The van der Waals surface area contributed by atoms with Gasteiger partial charge in [0.2, 0.25) is 0 Å². The standard InChI is InChI=1S/C17H14IN3O3/c1-21-5-4-10(6-15(21)22)8-19-9-14-13-7-11(18)2-3-12(13)16(23)20-17(14)24/h2-7,9,19H,8H2,1H3,(H,20,23,24). The van der Waals surface area contributed by atoms with Crippen molar-refractivity contribution in [2.75, 3.05) is 0 Å². The third kappa shape index (κ3) is 3.25. The van der Waals surface area contributed by atoms with Crippen LogP contribution in [0.15, 0.2) is 47.5 Å². The van der Waals surface area contributed by atoms with Crippen molar-refractivity contribution in [2.24, 2.45) is 7.05 Å². The minimum absolute atomic E-state index is 0.0946. The van der Waals surface area contributed by atoms with Crippen molar-refractivity contribution in [1.29, 1.82) is 0 Å². The maximum atomic E-state index is 12.1. The van der Waals surface area contributed by atoms with E-state index in [4.69, 9.17) is 0 Å². The lowest BCUT2D eigenvalue weighted by atomic mass is 9.96. The van der Waals surface area contributed by atoms with Gasteiger partial charge in [-0.1, -0.05) is 0 Å². The molecule has 0 saturated carbocycles. The maximum Gasteiger partial charge on any atom is 0.260 e. The van der Waals surface area contributed by atoms with E-state index in [0.717, 1.165) is 9.13 Å². The van der Waals surface area contributed by atoms with Crippen LogP contribution in [0.5, 0.6) is 0 Å². The maximum absolute atomic E-state index is 12.1. The zero-order chi connectivity index (χ0) is 17.3. The molecule has 0 unspecified atom stereocenters. The monoisotopic (exact) mass is 435 g/mol. The Balaban J connectivity index is 1.86. The number of nitrogens with zero attached hydrogens (tertiary/aromatic N) is 1. The number of benzene rings is 1. The molecule has 1 aromatic heterocycles. The van der Waals surface area contributed by atoms with Crippen molar-refractivity contribution in [2.45, 2.75) is 6.54 Å². The van der Waals surface area contributed by atoms with Crippen molar-refractivity contribution in [3.63, 3.8) is 0 Å². The number of hydrogen-bond acceptors (Lipinski definition) is 4. The van der Waals surface area contributed by atoms with E-state index in [-0.39, 0.29) is 5.56 Å². The molecule has 0 radical (unpaired) electrons. The smallest absolute Gasteiger partial charge is 0.260 e. The average Bonchev–Trinajstić information content (AvgIpc) is 2.53. The van der Waals surface area contributed by atoms with Gasteiger partial charge in [0.15, 0.2) is 0 Å². The SMILES string of the molecule is Cn1ccc(CNC=C2C(=O)NC(=O)c3ccc(I)cc32)cc1=O. The van der Waals surface area contributed by atoms with E-state index in [1.165, 1.54) is 10.6 Å². The van der Waals surface area contributed by atoms with E-state index in [1.54, 1.807) is 31.6 Å². The van der Waals surface area contributed by atoms with Crippen molar-refractivity contribution in [3.8, 4) is 0 Å². The van der Waals surface area contributed by atoms with E-state index in [0.29, 0.717) is 23.2 Å². The first-order valence-corrected chi connectivity index (χ1v) is 8.28. The third-order valence-electron chi connectivity index (χ3n) is 3.71. The number of carbonyl (C=O) groups excluding carboxylic acids is 2. The summed E-state index contributed by atoms with van der Waals surface area (Å²) in [6.07, 6.45) is 3.27. The molecule has 0 aliphatic carbocycles. The van der Waals surface area contributed by atoms with Crippen molar-refractivity contribution in [3.05, 3.63) is 73.3 Å². The molecule has 2 amide bonds. The number of halogens is 1. The Kier molecular flexibility index (Phi) is 4.52. The minimum atomic E-state index is -0.439. The highest BCUT2D eigenvalue weighted by molar-refractivity contribution is 14.1. The second-order valence-electron chi connectivity index (χ2n) is 5.40. The van der Waals surface area contributed by atoms with Crippen LogP contribution in [0.1, 0.15) is 21.5 Å². The number of pyridine rings is 1. The van der Waals surface area contributed by atoms with Gasteiger partial charge >= 0.3 is 0 Å². The highest BCUT2D eigenvalue weighted by atomic mass is 127. The number of fused-ring (bicyclic) bond motifs is 1. The van der Waals surface area contributed by atoms with E-state index in [1.807, 2.05) is 12.1 Å². The quantitative estimate of drug-likeness (QED) is 0.434. The predicted molar refractivity (Wildman–Crippen MR) is 98.1 cm³/mol. The number of imide groups is 1. The van der Waals surface area contributed by atoms with E-state index < -0.39 is 11.8 Å². The lowest BCUT2D eigenvalue weighted by Crippen LogP contribution is -2.37. The summed E-state index contributed by atoms with van der Waals surface area (Å²) in [6.45, 7) is 0.403. The molecule has 6 nitrogen and oxygen atoms in total. The molecule has 1 aliphatic rings. The molecule has 0 fully saturated rings. The van der Waals surface area contributed by atoms with Crippen LogP contribution in [0.3, 0.4) is 0 Å². The van der Waals surface area contributed by atoms with Crippen LogP contribution in [0.4, 0.5) is 0 Å². The molecular weight excluding hydrogens is 421 g/mol. The topological polar surface area (TPSA) is 80.2 Å². The van der Waals surface area contributed by atoms with E-state index in [2.05, 4.69) is 33.2 Å². The van der Waals surface area contributed by atoms with E-state index >= 15 is 0 Å². The van der Waals surface area contributed by atoms with Crippen molar-refractivity contribution in [1.82, 2.24) is 15.2 Å². The molecule has 1 aliphatic heterocycles. The Morgan fingerprint density at radius 2 is 1.92 bits per heavy atom. The van der Waals surface area contributed by atoms with Crippen LogP contribution in [0.25, 0.3) is 5.57 Å². The number of nitrogens with one attached hydrogen (secondary N) is 2. The summed E-state index contributed by atoms with van der Waals surface area (Å²) in [5.41, 5.74) is 2.18. The molecule has 2 aromatic rings. The first-order valence-electron chi connectivity index (χ1n) is 7.20. The molecule has 0 bridgehead atoms. The number of aromatic nitrogens is 1. The number of hydrogen-bond donors (Lipinski definition) is 2. The fraction of sp³-hybridized carbons (Fsp3) is 0.118. The first kappa shape index (κ1) is 16.4. The normalized spacial score (nSPS) is 15.2. The number of rotatable bonds is 3. The Bertz CT molecular complexity index is 931. The van der Waals surface area contributed by atoms with Crippen LogP contribution in [-0.2, 0) is 18.4 Å². The van der Waals surface area contributed by atoms with Gasteiger partial charge in [-0.2, -0.15) is 0 Å². The summed E-state index contributed by atoms with van der Waals surface area (Å²) >= 11 is 2.14. The van der Waals surface area contributed by atoms with Gasteiger partial charge in [-0.3, -0.25) is 19.7 Å². The van der Waals surface area contributed by atoms with Crippen molar-refractivity contribution >= 4 is 40.0 Å². The largest absolute Gasteiger partial charge is 0.386 e. The van der Waals surface area contributed by atoms with Gasteiger partial charge in [0, 0.05) is 46.8 Å². The highest BCUT2D eigenvalue weighted by Gasteiger charge is 2.27. The summed E-state index contributed by atoms with van der Waals surface area (Å²) < 4.78 is 2.42. The van der Waals surface area contributed by atoms with Gasteiger partial charge in [0.05, 0.1) is 5.57 Å². The molecule has 3 rings (SSSR count). The summed E-state index contributed by atoms with van der Waals surface area (Å²) in [4.78, 5) is 35.6. The zero-order valence-electron chi connectivity index (χ0n) is 12.8. The van der Waals surface area contributed by atoms with Crippen LogP contribution >= 0.6 is 22.6 Å². The Labute approximate surface area is 151 Å². The van der Waals surface area contributed by atoms with Crippen LogP contribution < -0.4 is 16.2 Å². The van der Waals surface area contributed by atoms with Gasteiger partial charge in [-0.25, -0.2) is 0 Å². The number of carbonyl (C=O) groups is 2. The molecule has 2 N–H and O–H groups in total. The molecule has 0 atom stereocenters. The number of aryl methyl sites for hydroxylation is 1. The lowest BCUT2D eigenvalue weighted by Gasteiger charge is -2.18. The van der Waals surface area contributed by atoms with Gasteiger partial charge in [-0.15, -0.1) is 0 Å². The van der Waals surface area contributed by atoms with Crippen LogP contribution in [0, 0.1) is 3.57 Å². The molecule has 0 spiro atoms. The van der Waals surface area contributed by atoms with Gasteiger partial charge in [0.1, 0.15) is 0 Å². The molecule has 7 heteroatoms. The lowest BCUT2D eigenvalue weighted by molar-refractivity contribution is -0.114. The molecule has 2 heterocycles. The second-order valence-corrected chi connectivity index (χ2v) is 6.64. The molecule has 24 heavy (non-hydrogen) atoms. The van der Waals surface area contributed by atoms with Crippen molar-refractivity contribution < 1.29 is 9.59 Å². The molecule has 122 valence electrons. The summed E-state index contributed by atoms with van der Waals surface area (Å²) in [7, 11) is 1.68. The Morgan fingerprint density at radius 1 is 1.12 bits per heavy atom. The van der Waals surface area contributed by atoms with Gasteiger partial charge in [0.25, 0.3) is 17.4 Å². The zero-order valence-corrected chi connectivity index (χ0v) is 15.0. The molecule has 1 aromatic carbocycles. The average molecular weight is 435 g/mol. The number of amides is 2. The Morgan fingerprint density at radius 3 is 2.67 bits per heavy atom. The van der Waals surface area contributed by atoms with Gasteiger partial charge < -0.3 is 9.88 Å². The third-order valence-corrected chi connectivity index (χ3v) is 4.38. The van der Waals surface area contributed by atoms with Gasteiger partial charge in [-0.05, 0) is 52.4 Å². The fourth-order valence-electron chi connectivity index (χ4n) is 2.41. The van der Waals surface area contributed by atoms with Crippen LogP contribution in [-0.4, -0.2) is 16.4 Å². The first-order chi connectivity index (χ1) is 11.5. The molecule has 0 saturated heterocycles. The summed E-state index contributed by atoms with van der Waals surface area (Å²) in [5, 5.41) is 5.37. The predicted octanol–water partition coefficient (Wildman–Crippen LogP) is 1.39. The summed E-state index contributed by atoms with van der Waals surface area (Å²) in [5.74, 6) is -0.832. The van der Waals surface area contributed by atoms with Crippen LogP contribution in [0.2, 0.25) is 0 Å². The highest BCUT2D eigenvalue weighted by Crippen LogP contribution is 2.25. The second kappa shape index (κ2) is 6.60. The minimum Gasteiger partial charge on any atom is -0.386 e. The molecular formula is C17H14IN3O3. The summed E-state index contributed by atoms with van der Waals surface area (Å²) in [6, 6.07) is 8.69.